The zero-order chi connectivity index (χ0) is 21.8. The van der Waals surface area contributed by atoms with E-state index in [1.165, 1.54) is 6.07 Å². The van der Waals surface area contributed by atoms with Crippen LogP contribution in [0.3, 0.4) is 0 Å². The Balaban J connectivity index is 1.74. The first-order valence-electron chi connectivity index (χ1n) is 10.4. The summed E-state index contributed by atoms with van der Waals surface area (Å²) in [6.07, 6.45) is 6.31. The van der Waals surface area contributed by atoms with Crippen LogP contribution in [-0.4, -0.2) is 38.6 Å². The second-order valence-corrected chi connectivity index (χ2v) is 8.78. The number of benzene rings is 1. The zero-order valence-corrected chi connectivity index (χ0v) is 17.9. The number of fused-ring (bicyclic) bond motifs is 1. The van der Waals surface area contributed by atoms with Gasteiger partial charge < -0.3 is 15.6 Å². The predicted molar refractivity (Wildman–Crippen MR) is 121 cm³/mol. The van der Waals surface area contributed by atoms with E-state index in [0.717, 1.165) is 46.4 Å². The molecule has 5 rings (SSSR count). The fourth-order valence-electron chi connectivity index (χ4n) is 4.33. The zero-order valence-electron chi connectivity index (χ0n) is 17.9. The highest BCUT2D eigenvalue weighted by Crippen LogP contribution is 2.41. The summed E-state index contributed by atoms with van der Waals surface area (Å²) in [7, 11) is 0. The lowest BCUT2D eigenvalue weighted by atomic mass is 9.99. The predicted octanol–water partition coefficient (Wildman–Crippen LogP) is 4.37. The van der Waals surface area contributed by atoms with Crippen molar-refractivity contribution < 1.29 is 4.39 Å². The van der Waals surface area contributed by atoms with Crippen LogP contribution in [0.25, 0.3) is 33.7 Å². The summed E-state index contributed by atoms with van der Waals surface area (Å²) in [6.45, 7) is 7.42. The third-order valence-corrected chi connectivity index (χ3v) is 6.06. The number of nitrogens with zero attached hydrogens (tertiary/aromatic N) is 4. The molecule has 1 aliphatic heterocycles. The van der Waals surface area contributed by atoms with Crippen molar-refractivity contribution in [2.24, 2.45) is 5.73 Å². The van der Waals surface area contributed by atoms with Crippen LogP contribution in [0.4, 0.5) is 10.1 Å². The molecule has 0 radical (unpaired) electrons. The molecule has 0 saturated carbocycles. The van der Waals surface area contributed by atoms with Gasteiger partial charge >= 0.3 is 0 Å². The Morgan fingerprint density at radius 2 is 1.94 bits per heavy atom. The highest BCUT2D eigenvalue weighted by Gasteiger charge is 2.33. The minimum atomic E-state index is -0.275. The van der Waals surface area contributed by atoms with Gasteiger partial charge in [0.2, 0.25) is 0 Å². The van der Waals surface area contributed by atoms with Crippen LogP contribution in [0.1, 0.15) is 24.5 Å². The SMILES string of the molecule is Cc1cc(-c2cncc(-c3nc4nccc(C)c4[nH]3)c2N2CC[C@](C)(N)C2)ccc1F. The quantitative estimate of drug-likeness (QED) is 0.518. The molecule has 158 valence electrons. The van der Waals surface area contributed by atoms with Gasteiger partial charge in [0.15, 0.2) is 5.65 Å². The minimum absolute atomic E-state index is 0.219. The van der Waals surface area contributed by atoms with Crippen LogP contribution in [0, 0.1) is 19.7 Å². The smallest absolute Gasteiger partial charge is 0.178 e. The number of nitrogens with one attached hydrogen (secondary N) is 1. The van der Waals surface area contributed by atoms with E-state index < -0.39 is 0 Å². The average molecular weight is 417 g/mol. The Bertz CT molecular complexity index is 1290. The van der Waals surface area contributed by atoms with Gasteiger partial charge in [0.1, 0.15) is 11.6 Å². The Hall–Kier alpha value is -3.32. The largest absolute Gasteiger partial charge is 0.368 e. The maximum Gasteiger partial charge on any atom is 0.178 e. The molecule has 4 aromatic rings. The van der Waals surface area contributed by atoms with Crippen LogP contribution in [0.2, 0.25) is 0 Å². The Labute approximate surface area is 180 Å². The number of halogens is 1. The van der Waals surface area contributed by atoms with Crippen LogP contribution in [-0.2, 0) is 0 Å². The number of pyridine rings is 2. The van der Waals surface area contributed by atoms with Crippen molar-refractivity contribution in [2.75, 3.05) is 18.0 Å². The van der Waals surface area contributed by atoms with E-state index in [9.17, 15) is 4.39 Å². The molecule has 3 N–H and O–H groups in total. The van der Waals surface area contributed by atoms with E-state index in [4.69, 9.17) is 10.7 Å². The highest BCUT2D eigenvalue weighted by molar-refractivity contribution is 5.91. The first kappa shape index (κ1) is 19.6. The van der Waals surface area contributed by atoms with Crippen molar-refractivity contribution >= 4 is 16.9 Å². The molecule has 6 nitrogen and oxygen atoms in total. The molecule has 1 aromatic carbocycles. The topological polar surface area (TPSA) is 83.7 Å². The lowest BCUT2D eigenvalue weighted by Crippen LogP contribution is -2.39. The number of nitrogens with two attached hydrogens (primary N) is 1. The molecule has 0 spiro atoms. The minimum Gasteiger partial charge on any atom is -0.368 e. The summed E-state index contributed by atoms with van der Waals surface area (Å²) in [5, 5.41) is 0. The summed E-state index contributed by atoms with van der Waals surface area (Å²) in [6, 6.07) is 7.13. The molecule has 1 aliphatic rings. The van der Waals surface area contributed by atoms with E-state index >= 15 is 0 Å². The third-order valence-electron chi connectivity index (χ3n) is 6.06. The second-order valence-electron chi connectivity index (χ2n) is 8.78. The molecule has 31 heavy (non-hydrogen) atoms. The Kier molecular flexibility index (Phi) is 4.51. The van der Waals surface area contributed by atoms with E-state index in [2.05, 4.69) is 26.8 Å². The highest BCUT2D eigenvalue weighted by atomic mass is 19.1. The number of aryl methyl sites for hydroxylation is 2. The van der Waals surface area contributed by atoms with E-state index in [1.54, 1.807) is 19.2 Å². The summed E-state index contributed by atoms with van der Waals surface area (Å²) in [5.74, 6) is 0.495. The first-order valence-corrected chi connectivity index (χ1v) is 10.4. The molecule has 4 heterocycles. The van der Waals surface area contributed by atoms with Crippen molar-refractivity contribution in [3.63, 3.8) is 0 Å². The summed E-state index contributed by atoms with van der Waals surface area (Å²) >= 11 is 0. The second kappa shape index (κ2) is 7.13. The van der Waals surface area contributed by atoms with Gasteiger partial charge in [-0.2, -0.15) is 0 Å². The van der Waals surface area contributed by atoms with Crippen molar-refractivity contribution in [3.05, 3.63) is 59.8 Å². The molecule has 7 heteroatoms. The van der Waals surface area contributed by atoms with Gasteiger partial charge in [-0.15, -0.1) is 0 Å². The van der Waals surface area contributed by atoms with E-state index in [1.807, 2.05) is 31.5 Å². The average Bonchev–Trinajstić information content (AvgIpc) is 3.33. The molecule has 3 aromatic heterocycles. The number of aromatic amines is 1. The lowest BCUT2D eigenvalue weighted by Gasteiger charge is -2.26. The number of hydrogen-bond acceptors (Lipinski definition) is 5. The number of hydrogen-bond donors (Lipinski definition) is 2. The Morgan fingerprint density at radius 3 is 2.65 bits per heavy atom. The summed E-state index contributed by atoms with van der Waals surface area (Å²) < 4.78 is 14.0. The molecular weight excluding hydrogens is 391 g/mol. The number of rotatable bonds is 3. The standard InChI is InChI=1S/C24H25FN6/c1-14-6-8-28-23-20(14)29-22(30-23)18-12-27-11-17(16-4-5-19(25)15(2)10-16)21(18)31-9-7-24(3,26)13-31/h4-6,8,10-12H,7,9,13,26H2,1-3H3,(H,28,29,30)/t24-/m0/s1. The maximum absolute atomic E-state index is 14.0. The molecule has 0 unspecified atom stereocenters. The van der Waals surface area contributed by atoms with Crippen LogP contribution in [0.15, 0.2) is 42.9 Å². The number of imidazole rings is 1. The number of anilines is 1. The molecule has 0 bridgehead atoms. The first-order chi connectivity index (χ1) is 14.8. The van der Waals surface area contributed by atoms with Gasteiger partial charge in [0.05, 0.1) is 16.8 Å². The number of aromatic nitrogens is 4. The van der Waals surface area contributed by atoms with Gasteiger partial charge in [-0.25, -0.2) is 14.4 Å². The van der Waals surface area contributed by atoms with Crippen LogP contribution in [0.5, 0.6) is 0 Å². The van der Waals surface area contributed by atoms with Crippen molar-refractivity contribution in [1.29, 1.82) is 0 Å². The van der Waals surface area contributed by atoms with Crippen molar-refractivity contribution in [2.45, 2.75) is 32.7 Å². The van der Waals surface area contributed by atoms with Gasteiger partial charge in [0.25, 0.3) is 0 Å². The molecule has 0 amide bonds. The monoisotopic (exact) mass is 416 g/mol. The number of H-pyrrole nitrogens is 1. The molecule has 1 atom stereocenters. The molecular formula is C24H25FN6. The van der Waals surface area contributed by atoms with Crippen molar-refractivity contribution in [1.82, 2.24) is 19.9 Å². The van der Waals surface area contributed by atoms with Crippen LogP contribution < -0.4 is 10.6 Å². The fourth-order valence-corrected chi connectivity index (χ4v) is 4.33. The molecule has 1 fully saturated rings. The van der Waals surface area contributed by atoms with Crippen LogP contribution >= 0.6 is 0 Å². The van der Waals surface area contributed by atoms with E-state index in [-0.39, 0.29) is 11.4 Å². The van der Waals surface area contributed by atoms with Gasteiger partial charge in [-0.05, 0) is 62.1 Å². The third kappa shape index (κ3) is 3.45. The van der Waals surface area contributed by atoms with Crippen molar-refractivity contribution in [3.8, 4) is 22.5 Å². The van der Waals surface area contributed by atoms with E-state index in [0.29, 0.717) is 23.6 Å². The van der Waals surface area contributed by atoms with Gasteiger partial charge in [-0.1, -0.05) is 6.07 Å². The summed E-state index contributed by atoms with van der Waals surface area (Å²) in [4.78, 5) is 19.4. The summed E-state index contributed by atoms with van der Waals surface area (Å²) in [5.41, 5.74) is 13.2. The molecule has 0 aliphatic carbocycles. The lowest BCUT2D eigenvalue weighted by molar-refractivity contribution is 0.525. The van der Waals surface area contributed by atoms with Gasteiger partial charge in [0, 0.05) is 42.8 Å². The Morgan fingerprint density at radius 1 is 1.13 bits per heavy atom. The maximum atomic E-state index is 14.0. The fraction of sp³-hybridized carbons (Fsp3) is 0.292. The molecule has 1 saturated heterocycles. The normalized spacial score (nSPS) is 18.8. The van der Waals surface area contributed by atoms with Gasteiger partial charge in [-0.3, -0.25) is 4.98 Å².